The van der Waals surface area contributed by atoms with E-state index in [2.05, 4.69) is 27.5 Å². The number of anilines is 2. The second-order valence-corrected chi connectivity index (χ2v) is 9.30. The molecule has 0 spiro atoms. The van der Waals surface area contributed by atoms with Crippen molar-refractivity contribution in [3.05, 3.63) is 40.9 Å². The molecule has 1 aromatic carbocycles. The Bertz CT molecular complexity index is 1270. The number of ether oxygens (including phenoxy) is 2. The van der Waals surface area contributed by atoms with Crippen molar-refractivity contribution in [3.63, 3.8) is 0 Å². The summed E-state index contributed by atoms with van der Waals surface area (Å²) in [5, 5.41) is 7.02. The molecule has 3 aromatic rings. The minimum absolute atomic E-state index is 0.0357. The predicted molar refractivity (Wildman–Crippen MR) is 130 cm³/mol. The van der Waals surface area contributed by atoms with Crippen molar-refractivity contribution in [2.75, 3.05) is 23.8 Å². The van der Waals surface area contributed by atoms with E-state index >= 15 is 4.39 Å². The van der Waals surface area contributed by atoms with Crippen LogP contribution in [0.15, 0.2) is 24.5 Å². The molecule has 3 heterocycles. The molecule has 7 nitrogen and oxygen atoms in total. The minimum atomic E-state index is -0.552. The van der Waals surface area contributed by atoms with Crippen molar-refractivity contribution in [1.82, 2.24) is 9.97 Å². The number of nitrogens with one attached hydrogen (secondary N) is 2. The summed E-state index contributed by atoms with van der Waals surface area (Å²) in [4.78, 5) is 21.0. The third kappa shape index (κ3) is 4.22. The Morgan fingerprint density at radius 2 is 2.06 bits per heavy atom. The first-order valence-electron chi connectivity index (χ1n) is 11.5. The van der Waals surface area contributed by atoms with Crippen LogP contribution in [0.25, 0.3) is 21.9 Å². The van der Waals surface area contributed by atoms with Gasteiger partial charge < -0.3 is 14.8 Å². The van der Waals surface area contributed by atoms with E-state index in [1.54, 1.807) is 18.3 Å². The van der Waals surface area contributed by atoms with Gasteiger partial charge in [0, 0.05) is 35.5 Å². The molecule has 5 rings (SSSR count). The van der Waals surface area contributed by atoms with Crippen LogP contribution in [0.1, 0.15) is 38.2 Å². The fourth-order valence-electron chi connectivity index (χ4n) is 4.71. The molecule has 1 saturated carbocycles. The Morgan fingerprint density at radius 1 is 1.24 bits per heavy atom. The fraction of sp³-hybridized carbons (Fsp3) is 0.400. The van der Waals surface area contributed by atoms with Crippen LogP contribution in [-0.4, -0.2) is 35.3 Å². The maximum Gasteiger partial charge on any atom is 0.413 e. The van der Waals surface area contributed by atoms with Gasteiger partial charge in [0.1, 0.15) is 30.0 Å². The van der Waals surface area contributed by atoms with Crippen LogP contribution in [0.5, 0.6) is 5.88 Å². The van der Waals surface area contributed by atoms with E-state index in [1.807, 2.05) is 6.92 Å². The first kappa shape index (κ1) is 22.7. The Hall–Kier alpha value is -3.13. The lowest BCUT2D eigenvalue weighted by Crippen LogP contribution is -2.30. The van der Waals surface area contributed by atoms with Crippen LogP contribution < -0.4 is 15.4 Å². The maximum absolute atomic E-state index is 15.3. The molecular weight excluding hydrogens is 459 g/mol. The molecular formula is C25H26ClFN4O3. The third-order valence-corrected chi connectivity index (χ3v) is 7.03. The Kier molecular flexibility index (Phi) is 6.16. The molecule has 0 radical (unpaired) electrons. The van der Waals surface area contributed by atoms with E-state index in [0.717, 1.165) is 36.9 Å². The summed E-state index contributed by atoms with van der Waals surface area (Å²) >= 11 is 6.39. The highest BCUT2D eigenvalue weighted by molar-refractivity contribution is 6.36. The van der Waals surface area contributed by atoms with Crippen LogP contribution >= 0.6 is 11.6 Å². The van der Waals surface area contributed by atoms with Gasteiger partial charge in [-0.3, -0.25) is 5.32 Å². The number of hydrogen-bond acceptors (Lipinski definition) is 6. The number of rotatable bonds is 3. The third-order valence-electron chi connectivity index (χ3n) is 6.66. The Balaban J connectivity index is 1.46. The van der Waals surface area contributed by atoms with Crippen molar-refractivity contribution >= 4 is 40.0 Å². The van der Waals surface area contributed by atoms with E-state index in [-0.39, 0.29) is 11.1 Å². The van der Waals surface area contributed by atoms with Crippen molar-refractivity contribution in [2.45, 2.75) is 45.6 Å². The van der Waals surface area contributed by atoms with Gasteiger partial charge >= 0.3 is 6.09 Å². The van der Waals surface area contributed by atoms with E-state index in [0.29, 0.717) is 52.7 Å². The SMILES string of the molecule is Cc1c(-c2cc3cc(NC(=O)O[C@@H]4CCCC[C@H]4C)ncc3c(Cl)c2F)cnc2c1NCCO2. The monoisotopic (exact) mass is 484 g/mol. The number of amides is 1. The van der Waals surface area contributed by atoms with Crippen molar-refractivity contribution in [2.24, 2.45) is 5.92 Å². The summed E-state index contributed by atoms with van der Waals surface area (Å²) in [6.45, 7) is 5.16. The summed E-state index contributed by atoms with van der Waals surface area (Å²) in [5.41, 5.74) is 2.48. The number of fused-ring (bicyclic) bond motifs is 2. The van der Waals surface area contributed by atoms with Gasteiger partial charge in [0.15, 0.2) is 0 Å². The van der Waals surface area contributed by atoms with Gasteiger partial charge in [0.05, 0.1) is 5.02 Å². The highest BCUT2D eigenvalue weighted by Gasteiger charge is 2.25. The Morgan fingerprint density at radius 3 is 2.88 bits per heavy atom. The van der Waals surface area contributed by atoms with Crippen molar-refractivity contribution in [3.8, 4) is 17.0 Å². The Labute approximate surface area is 202 Å². The normalized spacial score (nSPS) is 19.6. The van der Waals surface area contributed by atoms with Gasteiger partial charge in [0.25, 0.3) is 0 Å². The number of hydrogen-bond donors (Lipinski definition) is 2. The quantitative estimate of drug-likeness (QED) is 0.452. The van der Waals surface area contributed by atoms with Gasteiger partial charge in [-0.25, -0.2) is 19.2 Å². The second-order valence-electron chi connectivity index (χ2n) is 8.93. The first-order chi connectivity index (χ1) is 16.4. The molecule has 1 aliphatic heterocycles. The number of benzene rings is 1. The summed E-state index contributed by atoms with van der Waals surface area (Å²) < 4.78 is 26.5. The molecule has 2 aromatic heterocycles. The standard InChI is InChI=1S/C25H26ClFN4O3/c1-13-5-3-4-6-19(13)34-25(32)31-20-10-15-9-16(22(27)21(26)18(15)12-29-20)17-11-30-24-23(14(17)2)28-7-8-33-24/h9-13,19,28H,3-8H2,1-2H3,(H,29,31,32)/t13-,19-/m1/s1. The summed E-state index contributed by atoms with van der Waals surface area (Å²) in [6.07, 6.45) is 6.55. The summed E-state index contributed by atoms with van der Waals surface area (Å²) in [6, 6.07) is 3.36. The number of carbonyl (C=O) groups excluding carboxylic acids is 1. The number of pyridine rings is 2. The van der Waals surface area contributed by atoms with Gasteiger partial charge in [-0.2, -0.15) is 0 Å². The molecule has 1 fully saturated rings. The largest absolute Gasteiger partial charge is 0.474 e. The molecule has 2 aliphatic rings. The van der Waals surface area contributed by atoms with Gasteiger partial charge in [-0.05, 0) is 55.2 Å². The molecule has 178 valence electrons. The number of halogens is 2. The molecule has 1 aliphatic carbocycles. The molecule has 1 amide bonds. The molecule has 0 saturated heterocycles. The molecule has 2 N–H and O–H groups in total. The highest BCUT2D eigenvalue weighted by atomic mass is 35.5. The highest BCUT2D eigenvalue weighted by Crippen LogP contribution is 2.40. The fourth-order valence-corrected chi connectivity index (χ4v) is 4.97. The van der Waals surface area contributed by atoms with Gasteiger partial charge in [-0.1, -0.05) is 24.9 Å². The lowest BCUT2D eigenvalue weighted by Gasteiger charge is -2.28. The zero-order valence-corrected chi connectivity index (χ0v) is 19.8. The average molecular weight is 485 g/mol. The van der Waals surface area contributed by atoms with E-state index in [1.165, 1.54) is 6.20 Å². The topological polar surface area (TPSA) is 85.4 Å². The van der Waals surface area contributed by atoms with E-state index < -0.39 is 11.9 Å². The summed E-state index contributed by atoms with van der Waals surface area (Å²) in [7, 11) is 0. The van der Waals surface area contributed by atoms with Crippen LogP contribution in [0.4, 0.5) is 20.7 Å². The number of carbonyl (C=O) groups is 1. The predicted octanol–water partition coefficient (Wildman–Crippen LogP) is 6.33. The van der Waals surface area contributed by atoms with Gasteiger partial charge in [0.2, 0.25) is 5.88 Å². The van der Waals surface area contributed by atoms with Crippen LogP contribution in [0, 0.1) is 18.7 Å². The molecule has 34 heavy (non-hydrogen) atoms. The first-order valence-corrected chi connectivity index (χ1v) is 11.9. The zero-order chi connectivity index (χ0) is 23.8. The van der Waals surface area contributed by atoms with Crippen molar-refractivity contribution < 1.29 is 18.7 Å². The summed E-state index contributed by atoms with van der Waals surface area (Å²) in [5.74, 6) is 0.594. The molecule has 0 bridgehead atoms. The van der Waals surface area contributed by atoms with E-state index in [9.17, 15) is 4.79 Å². The van der Waals surface area contributed by atoms with Gasteiger partial charge in [-0.15, -0.1) is 0 Å². The van der Waals surface area contributed by atoms with Crippen molar-refractivity contribution in [1.29, 1.82) is 0 Å². The van der Waals surface area contributed by atoms with E-state index in [4.69, 9.17) is 21.1 Å². The van der Waals surface area contributed by atoms with Crippen LogP contribution in [0.3, 0.4) is 0 Å². The molecule has 9 heteroatoms. The van der Waals surface area contributed by atoms with Crippen LogP contribution in [-0.2, 0) is 4.74 Å². The lowest BCUT2D eigenvalue weighted by molar-refractivity contribution is 0.0524. The average Bonchev–Trinajstić information content (AvgIpc) is 2.83. The maximum atomic E-state index is 15.3. The zero-order valence-electron chi connectivity index (χ0n) is 19.1. The second kappa shape index (κ2) is 9.25. The lowest BCUT2D eigenvalue weighted by atomic mass is 9.88. The smallest absolute Gasteiger partial charge is 0.413 e. The number of nitrogens with zero attached hydrogens (tertiary/aromatic N) is 2. The number of aromatic nitrogens is 2. The van der Waals surface area contributed by atoms with Crippen LogP contribution in [0.2, 0.25) is 5.02 Å². The molecule has 0 unspecified atom stereocenters. The minimum Gasteiger partial charge on any atom is -0.474 e. The molecule has 2 atom stereocenters.